The SMILES string of the molecule is CSCCC(NC(=O)c1cccc(C)c1)C(=O)N(C)C(C)C(=O)O. The molecule has 1 aromatic carbocycles. The van der Waals surface area contributed by atoms with Gasteiger partial charge in [-0.1, -0.05) is 17.7 Å². The van der Waals surface area contributed by atoms with Gasteiger partial charge in [0.05, 0.1) is 0 Å². The number of likely N-dealkylation sites (N-methyl/N-ethyl adjacent to an activating group) is 1. The fourth-order valence-corrected chi connectivity index (χ4v) is 2.59. The molecule has 6 nitrogen and oxygen atoms in total. The summed E-state index contributed by atoms with van der Waals surface area (Å²) in [6, 6.07) is 5.39. The first kappa shape index (κ1) is 20.0. The van der Waals surface area contributed by atoms with Crippen LogP contribution in [0.15, 0.2) is 24.3 Å². The van der Waals surface area contributed by atoms with Crippen molar-refractivity contribution in [2.75, 3.05) is 19.1 Å². The summed E-state index contributed by atoms with van der Waals surface area (Å²) in [5.74, 6) is -1.14. The van der Waals surface area contributed by atoms with Crippen molar-refractivity contribution in [3.8, 4) is 0 Å². The molecule has 132 valence electrons. The predicted molar refractivity (Wildman–Crippen MR) is 95.3 cm³/mol. The molecule has 0 spiro atoms. The maximum Gasteiger partial charge on any atom is 0.326 e. The van der Waals surface area contributed by atoms with Gasteiger partial charge in [-0.3, -0.25) is 9.59 Å². The molecule has 1 aromatic rings. The van der Waals surface area contributed by atoms with Crippen molar-refractivity contribution in [1.82, 2.24) is 10.2 Å². The van der Waals surface area contributed by atoms with Gasteiger partial charge in [-0.25, -0.2) is 4.79 Å². The molecule has 0 aromatic heterocycles. The number of thioether (sulfide) groups is 1. The van der Waals surface area contributed by atoms with Crippen LogP contribution >= 0.6 is 11.8 Å². The first-order valence-corrected chi connectivity index (χ1v) is 9.03. The molecule has 0 heterocycles. The van der Waals surface area contributed by atoms with Crippen LogP contribution in [0.5, 0.6) is 0 Å². The van der Waals surface area contributed by atoms with Crippen molar-refractivity contribution in [3.63, 3.8) is 0 Å². The Morgan fingerprint density at radius 1 is 1.33 bits per heavy atom. The topological polar surface area (TPSA) is 86.7 Å². The molecule has 0 fully saturated rings. The van der Waals surface area contributed by atoms with Gasteiger partial charge in [0.15, 0.2) is 0 Å². The van der Waals surface area contributed by atoms with E-state index in [0.29, 0.717) is 17.7 Å². The van der Waals surface area contributed by atoms with Crippen LogP contribution < -0.4 is 5.32 Å². The van der Waals surface area contributed by atoms with E-state index in [2.05, 4.69) is 5.32 Å². The highest BCUT2D eigenvalue weighted by Gasteiger charge is 2.29. The number of nitrogens with one attached hydrogen (secondary N) is 1. The van der Waals surface area contributed by atoms with Crippen LogP contribution in [0.2, 0.25) is 0 Å². The van der Waals surface area contributed by atoms with E-state index >= 15 is 0 Å². The Hall–Kier alpha value is -2.02. The number of carbonyl (C=O) groups is 3. The van der Waals surface area contributed by atoms with E-state index < -0.39 is 24.0 Å². The van der Waals surface area contributed by atoms with Crippen molar-refractivity contribution < 1.29 is 19.5 Å². The van der Waals surface area contributed by atoms with Crippen LogP contribution in [0.1, 0.15) is 29.3 Å². The maximum absolute atomic E-state index is 12.6. The van der Waals surface area contributed by atoms with Crippen LogP contribution in [0.3, 0.4) is 0 Å². The van der Waals surface area contributed by atoms with E-state index in [1.54, 1.807) is 30.0 Å². The number of amides is 2. The van der Waals surface area contributed by atoms with Crippen molar-refractivity contribution in [2.24, 2.45) is 0 Å². The highest BCUT2D eigenvalue weighted by molar-refractivity contribution is 7.98. The van der Waals surface area contributed by atoms with E-state index in [1.165, 1.54) is 14.0 Å². The Balaban J connectivity index is 2.90. The highest BCUT2D eigenvalue weighted by Crippen LogP contribution is 2.09. The first-order valence-electron chi connectivity index (χ1n) is 7.63. The van der Waals surface area contributed by atoms with Gasteiger partial charge in [-0.2, -0.15) is 11.8 Å². The van der Waals surface area contributed by atoms with Crippen molar-refractivity contribution >= 4 is 29.5 Å². The zero-order valence-electron chi connectivity index (χ0n) is 14.4. The van der Waals surface area contributed by atoms with Gasteiger partial charge in [0.1, 0.15) is 12.1 Å². The summed E-state index contributed by atoms with van der Waals surface area (Å²) in [4.78, 5) is 37.2. The Morgan fingerprint density at radius 2 is 2.00 bits per heavy atom. The van der Waals surface area contributed by atoms with Gasteiger partial charge < -0.3 is 15.3 Å². The normalized spacial score (nSPS) is 13.0. The van der Waals surface area contributed by atoms with Crippen LogP contribution in [-0.2, 0) is 9.59 Å². The van der Waals surface area contributed by atoms with Gasteiger partial charge in [0.25, 0.3) is 5.91 Å². The summed E-state index contributed by atoms with van der Waals surface area (Å²) in [6.07, 6.45) is 2.35. The predicted octanol–water partition coefficient (Wildman–Crippen LogP) is 1.78. The second kappa shape index (κ2) is 9.32. The second-order valence-corrected chi connectivity index (χ2v) is 6.63. The summed E-state index contributed by atoms with van der Waals surface area (Å²) in [6.45, 7) is 3.32. The largest absolute Gasteiger partial charge is 0.480 e. The quantitative estimate of drug-likeness (QED) is 0.745. The molecule has 0 aliphatic carbocycles. The number of aryl methyl sites for hydroxylation is 1. The van der Waals surface area contributed by atoms with E-state index in [4.69, 9.17) is 5.11 Å². The van der Waals surface area contributed by atoms with Gasteiger partial charge in [-0.05, 0) is 44.4 Å². The molecular weight excluding hydrogens is 328 g/mol. The van der Waals surface area contributed by atoms with Gasteiger partial charge >= 0.3 is 5.97 Å². The molecule has 7 heteroatoms. The second-order valence-electron chi connectivity index (χ2n) is 5.64. The molecule has 0 bridgehead atoms. The number of carboxylic acids is 1. The van der Waals surface area contributed by atoms with Gasteiger partial charge in [-0.15, -0.1) is 0 Å². The molecule has 2 N–H and O–H groups in total. The third-order valence-corrected chi connectivity index (χ3v) is 4.42. The number of carbonyl (C=O) groups excluding carboxylic acids is 2. The number of hydrogen-bond donors (Lipinski definition) is 2. The molecule has 0 saturated heterocycles. The third kappa shape index (κ3) is 5.56. The van der Waals surface area contributed by atoms with Crippen LogP contribution in [-0.4, -0.2) is 58.9 Å². The molecule has 1 rings (SSSR count). The lowest BCUT2D eigenvalue weighted by molar-refractivity contribution is -0.148. The fraction of sp³-hybridized carbons (Fsp3) is 0.471. The monoisotopic (exact) mass is 352 g/mol. The minimum atomic E-state index is -1.08. The summed E-state index contributed by atoms with van der Waals surface area (Å²) < 4.78 is 0. The van der Waals surface area contributed by atoms with Crippen molar-refractivity contribution in [2.45, 2.75) is 32.4 Å². The van der Waals surface area contributed by atoms with Crippen LogP contribution in [0, 0.1) is 6.92 Å². The molecule has 2 atom stereocenters. The Labute approximate surface area is 146 Å². The van der Waals surface area contributed by atoms with E-state index in [1.807, 2.05) is 19.2 Å². The zero-order chi connectivity index (χ0) is 18.3. The molecule has 2 amide bonds. The lowest BCUT2D eigenvalue weighted by Crippen LogP contribution is -2.51. The Bertz CT molecular complexity index is 606. The maximum atomic E-state index is 12.6. The Kier molecular flexibility index (Phi) is 7.78. The first-order chi connectivity index (χ1) is 11.3. The van der Waals surface area contributed by atoms with Crippen molar-refractivity contribution in [1.29, 1.82) is 0 Å². The number of aliphatic carboxylic acids is 1. The number of carboxylic acid groups (broad SMARTS) is 1. The van der Waals surface area contributed by atoms with E-state index in [9.17, 15) is 14.4 Å². The van der Waals surface area contributed by atoms with Crippen molar-refractivity contribution in [3.05, 3.63) is 35.4 Å². The fourth-order valence-electron chi connectivity index (χ4n) is 2.12. The average molecular weight is 352 g/mol. The Morgan fingerprint density at radius 3 is 2.54 bits per heavy atom. The molecule has 0 aliphatic rings. The summed E-state index contributed by atoms with van der Waals surface area (Å²) >= 11 is 1.56. The van der Waals surface area contributed by atoms with Crippen LogP contribution in [0.25, 0.3) is 0 Å². The molecule has 24 heavy (non-hydrogen) atoms. The van der Waals surface area contributed by atoms with E-state index in [0.717, 1.165) is 10.5 Å². The number of hydrogen-bond acceptors (Lipinski definition) is 4. The molecule has 2 unspecified atom stereocenters. The highest BCUT2D eigenvalue weighted by atomic mass is 32.2. The standard InChI is InChI=1S/C17H24N2O4S/c1-11-6-5-7-13(10-11)15(20)18-14(8-9-24-4)16(21)19(3)12(2)17(22)23/h5-7,10,12,14H,8-9H2,1-4H3,(H,18,20)(H,22,23). The lowest BCUT2D eigenvalue weighted by atomic mass is 10.1. The summed E-state index contributed by atoms with van der Waals surface area (Å²) in [7, 11) is 1.44. The number of rotatable bonds is 8. The molecule has 0 aliphatic heterocycles. The average Bonchev–Trinajstić information content (AvgIpc) is 2.56. The molecule has 0 saturated carbocycles. The lowest BCUT2D eigenvalue weighted by Gasteiger charge is -2.27. The summed E-state index contributed by atoms with van der Waals surface area (Å²) in [5, 5.41) is 11.8. The van der Waals surface area contributed by atoms with Crippen LogP contribution in [0.4, 0.5) is 0 Å². The summed E-state index contributed by atoms with van der Waals surface area (Å²) in [5.41, 5.74) is 1.43. The number of nitrogens with zero attached hydrogens (tertiary/aromatic N) is 1. The van der Waals surface area contributed by atoms with Gasteiger partial charge in [0.2, 0.25) is 5.91 Å². The molecule has 0 radical (unpaired) electrons. The zero-order valence-corrected chi connectivity index (χ0v) is 15.2. The van der Waals surface area contributed by atoms with Gasteiger partial charge in [0, 0.05) is 12.6 Å². The van der Waals surface area contributed by atoms with E-state index in [-0.39, 0.29) is 5.91 Å². The smallest absolute Gasteiger partial charge is 0.326 e. The molecular formula is C17H24N2O4S. The number of benzene rings is 1. The minimum absolute atomic E-state index is 0.338. The third-order valence-electron chi connectivity index (χ3n) is 3.78. The minimum Gasteiger partial charge on any atom is -0.480 e.